The van der Waals surface area contributed by atoms with E-state index in [1.165, 1.54) is 11.1 Å². The van der Waals surface area contributed by atoms with Gasteiger partial charge in [0.05, 0.1) is 6.61 Å². The Balaban J connectivity index is 1.73. The molecule has 0 unspecified atom stereocenters. The van der Waals surface area contributed by atoms with Gasteiger partial charge in [0.1, 0.15) is 18.1 Å². The highest BCUT2D eigenvalue weighted by Gasteiger charge is 2.17. The van der Waals surface area contributed by atoms with E-state index in [9.17, 15) is 0 Å². The first-order valence-electron chi connectivity index (χ1n) is 7.30. The normalized spacial score (nSPS) is 13.1. The Hall–Kier alpha value is -1.48. The maximum atomic E-state index is 5.91. The van der Waals surface area contributed by atoms with Crippen LogP contribution < -0.4 is 9.47 Å². The van der Waals surface area contributed by atoms with E-state index in [-0.39, 0.29) is 0 Å². The minimum Gasteiger partial charge on any atom is -0.493 e. The summed E-state index contributed by atoms with van der Waals surface area (Å²) >= 11 is 3.56. The minimum absolute atomic E-state index is 0.531. The third kappa shape index (κ3) is 3.24. The summed E-state index contributed by atoms with van der Waals surface area (Å²) in [5.41, 5.74) is 3.69. The van der Waals surface area contributed by atoms with Crippen molar-refractivity contribution in [2.75, 3.05) is 6.61 Å². The number of rotatable bonds is 4. The van der Waals surface area contributed by atoms with Gasteiger partial charge in [0.2, 0.25) is 0 Å². The first kappa shape index (κ1) is 14.5. The zero-order valence-electron chi connectivity index (χ0n) is 12.4. The van der Waals surface area contributed by atoms with Crippen LogP contribution in [0.3, 0.4) is 0 Å². The van der Waals surface area contributed by atoms with Crippen LogP contribution in [0.1, 0.15) is 36.5 Å². The van der Waals surface area contributed by atoms with E-state index in [4.69, 9.17) is 9.47 Å². The number of hydrogen-bond donors (Lipinski definition) is 0. The van der Waals surface area contributed by atoms with Crippen LogP contribution >= 0.6 is 15.9 Å². The van der Waals surface area contributed by atoms with Crippen LogP contribution in [0.4, 0.5) is 0 Å². The quantitative estimate of drug-likeness (QED) is 0.767. The zero-order chi connectivity index (χ0) is 14.8. The number of ether oxygens (including phenoxy) is 2. The van der Waals surface area contributed by atoms with E-state index in [2.05, 4.69) is 54.0 Å². The van der Waals surface area contributed by atoms with Crippen molar-refractivity contribution in [3.63, 3.8) is 0 Å². The molecule has 3 heteroatoms. The van der Waals surface area contributed by atoms with Crippen molar-refractivity contribution in [1.29, 1.82) is 0 Å². The molecule has 0 bridgehead atoms. The third-order valence-corrected chi connectivity index (χ3v) is 4.22. The first-order valence-corrected chi connectivity index (χ1v) is 8.09. The lowest BCUT2D eigenvalue weighted by atomic mass is 10.0. The van der Waals surface area contributed by atoms with Crippen LogP contribution in [0.25, 0.3) is 0 Å². The van der Waals surface area contributed by atoms with Gasteiger partial charge in [-0.3, -0.25) is 0 Å². The number of halogens is 1. The van der Waals surface area contributed by atoms with Crippen molar-refractivity contribution in [1.82, 2.24) is 0 Å². The fourth-order valence-corrected chi connectivity index (χ4v) is 3.12. The van der Waals surface area contributed by atoms with E-state index in [1.807, 2.05) is 12.1 Å². The molecule has 0 saturated heterocycles. The second-order valence-electron chi connectivity index (χ2n) is 5.66. The van der Waals surface area contributed by atoms with Crippen molar-refractivity contribution in [3.8, 4) is 11.5 Å². The first-order chi connectivity index (χ1) is 10.1. The summed E-state index contributed by atoms with van der Waals surface area (Å²) in [4.78, 5) is 0. The predicted octanol–water partition coefficient (Wildman–Crippen LogP) is 5.09. The van der Waals surface area contributed by atoms with Gasteiger partial charge < -0.3 is 9.47 Å². The molecule has 0 spiro atoms. The molecule has 0 amide bonds. The largest absolute Gasteiger partial charge is 0.493 e. The van der Waals surface area contributed by atoms with Gasteiger partial charge in [0, 0.05) is 16.5 Å². The molecule has 1 aliphatic rings. The Bertz CT molecular complexity index is 632. The van der Waals surface area contributed by atoms with E-state index < -0.39 is 0 Å². The second kappa shape index (κ2) is 6.10. The molecular weight excluding hydrogens is 328 g/mol. The molecular formula is C18H19BrO2. The van der Waals surface area contributed by atoms with Gasteiger partial charge in [-0.1, -0.05) is 41.9 Å². The highest BCUT2D eigenvalue weighted by atomic mass is 79.9. The molecule has 0 atom stereocenters. The topological polar surface area (TPSA) is 18.5 Å². The lowest BCUT2D eigenvalue weighted by Crippen LogP contribution is -1.99. The molecule has 1 aliphatic heterocycles. The van der Waals surface area contributed by atoms with Gasteiger partial charge in [-0.25, -0.2) is 0 Å². The van der Waals surface area contributed by atoms with Crippen LogP contribution in [-0.2, 0) is 13.0 Å². The molecule has 21 heavy (non-hydrogen) atoms. The summed E-state index contributed by atoms with van der Waals surface area (Å²) in [5.74, 6) is 2.43. The third-order valence-electron chi connectivity index (χ3n) is 3.77. The molecule has 0 fully saturated rings. The van der Waals surface area contributed by atoms with E-state index >= 15 is 0 Å². The van der Waals surface area contributed by atoms with E-state index in [1.54, 1.807) is 0 Å². The molecule has 110 valence electrons. The SMILES string of the molecule is CC(C)c1ccc(OCc2cc(Br)cc3c2OCC3)cc1. The van der Waals surface area contributed by atoms with Crippen LogP contribution in [0.5, 0.6) is 11.5 Å². The molecule has 3 rings (SSSR count). The second-order valence-corrected chi connectivity index (χ2v) is 6.58. The van der Waals surface area contributed by atoms with Crippen LogP contribution in [0.2, 0.25) is 0 Å². The van der Waals surface area contributed by atoms with Crippen LogP contribution in [0, 0.1) is 0 Å². The lowest BCUT2D eigenvalue weighted by molar-refractivity contribution is 0.291. The summed E-state index contributed by atoms with van der Waals surface area (Å²) < 4.78 is 12.7. The summed E-state index contributed by atoms with van der Waals surface area (Å²) in [6, 6.07) is 12.5. The average Bonchev–Trinajstić information content (AvgIpc) is 2.93. The molecule has 0 saturated carbocycles. The molecule has 0 aromatic heterocycles. The smallest absolute Gasteiger partial charge is 0.129 e. The molecule has 0 aliphatic carbocycles. The highest BCUT2D eigenvalue weighted by molar-refractivity contribution is 9.10. The maximum Gasteiger partial charge on any atom is 0.129 e. The lowest BCUT2D eigenvalue weighted by Gasteiger charge is -2.12. The number of hydrogen-bond acceptors (Lipinski definition) is 2. The Morgan fingerprint density at radius 1 is 1.19 bits per heavy atom. The molecule has 0 N–H and O–H groups in total. The summed E-state index contributed by atoms with van der Waals surface area (Å²) in [6.45, 7) is 5.68. The van der Waals surface area contributed by atoms with E-state index in [0.717, 1.165) is 34.6 Å². The van der Waals surface area contributed by atoms with Crippen molar-refractivity contribution in [2.24, 2.45) is 0 Å². The van der Waals surface area contributed by atoms with Gasteiger partial charge >= 0.3 is 0 Å². The van der Waals surface area contributed by atoms with Gasteiger partial charge in [-0.05, 0) is 41.3 Å². The fraction of sp³-hybridized carbons (Fsp3) is 0.333. The molecule has 2 aromatic carbocycles. The number of fused-ring (bicyclic) bond motifs is 1. The van der Waals surface area contributed by atoms with Gasteiger partial charge in [0.15, 0.2) is 0 Å². The van der Waals surface area contributed by atoms with Gasteiger partial charge in [-0.2, -0.15) is 0 Å². The summed E-state index contributed by atoms with van der Waals surface area (Å²) in [5, 5.41) is 0. The van der Waals surface area contributed by atoms with Crippen LogP contribution in [-0.4, -0.2) is 6.61 Å². The standard InChI is InChI=1S/C18H19BrO2/c1-12(2)13-3-5-17(6-4-13)21-11-15-10-16(19)9-14-7-8-20-18(14)15/h3-6,9-10,12H,7-8,11H2,1-2H3. The fourth-order valence-electron chi connectivity index (χ4n) is 2.56. The highest BCUT2D eigenvalue weighted by Crippen LogP contribution is 2.33. The zero-order valence-corrected chi connectivity index (χ0v) is 13.9. The Morgan fingerprint density at radius 2 is 1.95 bits per heavy atom. The van der Waals surface area contributed by atoms with Gasteiger partial charge in [-0.15, -0.1) is 0 Å². The molecule has 2 aromatic rings. The monoisotopic (exact) mass is 346 g/mol. The minimum atomic E-state index is 0.531. The van der Waals surface area contributed by atoms with Crippen molar-refractivity contribution >= 4 is 15.9 Å². The Labute approximate surface area is 134 Å². The number of benzene rings is 2. The molecule has 2 nitrogen and oxygen atoms in total. The predicted molar refractivity (Wildman–Crippen MR) is 88.2 cm³/mol. The Morgan fingerprint density at radius 3 is 2.67 bits per heavy atom. The van der Waals surface area contributed by atoms with Crippen molar-refractivity contribution in [3.05, 3.63) is 57.6 Å². The maximum absolute atomic E-state index is 5.91. The van der Waals surface area contributed by atoms with E-state index in [0.29, 0.717) is 12.5 Å². The van der Waals surface area contributed by atoms with Gasteiger partial charge in [0.25, 0.3) is 0 Å². The van der Waals surface area contributed by atoms with Crippen molar-refractivity contribution < 1.29 is 9.47 Å². The average molecular weight is 347 g/mol. The molecule has 1 heterocycles. The summed E-state index contributed by atoms with van der Waals surface area (Å²) in [6.07, 6.45) is 0.977. The summed E-state index contributed by atoms with van der Waals surface area (Å²) in [7, 11) is 0. The van der Waals surface area contributed by atoms with Crippen molar-refractivity contribution in [2.45, 2.75) is 32.8 Å². The van der Waals surface area contributed by atoms with Crippen LogP contribution in [0.15, 0.2) is 40.9 Å². The Kier molecular flexibility index (Phi) is 4.20. The molecule has 0 radical (unpaired) electrons.